The van der Waals surface area contributed by atoms with Crippen molar-refractivity contribution in [1.29, 1.82) is 0 Å². The van der Waals surface area contributed by atoms with Gasteiger partial charge in [0.15, 0.2) is 5.82 Å². The molecule has 0 spiro atoms. The summed E-state index contributed by atoms with van der Waals surface area (Å²) < 4.78 is 11.6. The fourth-order valence-electron chi connectivity index (χ4n) is 6.74. The van der Waals surface area contributed by atoms with Crippen molar-refractivity contribution in [2.75, 3.05) is 83.1 Å². The molecule has 1 aromatic heterocycles. The monoisotopic (exact) mass is 634 g/mol. The van der Waals surface area contributed by atoms with Gasteiger partial charge in [-0.25, -0.2) is 4.98 Å². The average molecular weight is 635 g/mol. The SMILES string of the molecule is CCN1CC2CC1CN2c1ccc(Nc2nc(Nc3cc4c(cc3OC)CCN(CC(=O)N(C)C)CC4)ncc2Cl)c(OC)c1. The summed E-state index contributed by atoms with van der Waals surface area (Å²) in [6, 6.07) is 11.6. The molecule has 3 aliphatic heterocycles. The zero-order chi connectivity index (χ0) is 31.7. The van der Waals surface area contributed by atoms with Gasteiger partial charge in [0.05, 0.1) is 38.3 Å². The van der Waals surface area contributed by atoms with Crippen molar-refractivity contribution in [1.82, 2.24) is 24.7 Å². The van der Waals surface area contributed by atoms with Crippen LogP contribution in [0.4, 0.5) is 28.8 Å². The van der Waals surface area contributed by atoms with E-state index in [1.165, 1.54) is 23.2 Å². The number of benzene rings is 2. The molecule has 2 bridgehead atoms. The molecular weight excluding hydrogens is 592 g/mol. The summed E-state index contributed by atoms with van der Waals surface area (Å²) in [4.78, 5) is 30.4. The number of hydrogen-bond acceptors (Lipinski definition) is 10. The van der Waals surface area contributed by atoms with Crippen LogP contribution in [0.2, 0.25) is 5.02 Å². The minimum Gasteiger partial charge on any atom is -0.495 e. The number of nitrogens with zero attached hydrogens (tertiary/aromatic N) is 6. The number of hydrogen-bond donors (Lipinski definition) is 2. The molecule has 6 rings (SSSR count). The number of piperazine rings is 1. The lowest BCUT2D eigenvalue weighted by Crippen LogP contribution is -2.46. The molecule has 45 heavy (non-hydrogen) atoms. The van der Waals surface area contributed by atoms with Gasteiger partial charge in [-0.05, 0) is 61.2 Å². The van der Waals surface area contributed by atoms with E-state index in [9.17, 15) is 4.79 Å². The van der Waals surface area contributed by atoms with Crippen molar-refractivity contribution in [3.8, 4) is 11.5 Å². The van der Waals surface area contributed by atoms with Crippen LogP contribution in [0.5, 0.6) is 11.5 Å². The number of carbonyl (C=O) groups excluding carboxylic acids is 1. The summed E-state index contributed by atoms with van der Waals surface area (Å²) in [6.45, 7) is 7.55. The first-order chi connectivity index (χ1) is 21.8. The highest BCUT2D eigenvalue weighted by Crippen LogP contribution is 2.39. The van der Waals surface area contributed by atoms with Crippen LogP contribution in [0.1, 0.15) is 24.5 Å². The summed E-state index contributed by atoms with van der Waals surface area (Å²) in [5, 5.41) is 7.09. The number of aromatic nitrogens is 2. The second kappa shape index (κ2) is 13.3. The van der Waals surface area contributed by atoms with Crippen LogP contribution in [0.3, 0.4) is 0 Å². The van der Waals surface area contributed by atoms with Crippen molar-refractivity contribution in [3.63, 3.8) is 0 Å². The predicted molar refractivity (Wildman–Crippen MR) is 179 cm³/mol. The maximum absolute atomic E-state index is 12.3. The molecule has 3 aliphatic rings. The molecule has 2 fully saturated rings. The Bertz CT molecular complexity index is 1550. The summed E-state index contributed by atoms with van der Waals surface area (Å²) in [6.07, 6.45) is 4.47. The first-order valence-electron chi connectivity index (χ1n) is 15.6. The van der Waals surface area contributed by atoms with Crippen LogP contribution in [0.15, 0.2) is 36.5 Å². The van der Waals surface area contributed by atoms with Gasteiger partial charge >= 0.3 is 0 Å². The minimum absolute atomic E-state index is 0.112. The lowest BCUT2D eigenvalue weighted by Gasteiger charge is -2.35. The van der Waals surface area contributed by atoms with Gasteiger partial charge in [-0.3, -0.25) is 14.6 Å². The van der Waals surface area contributed by atoms with Gasteiger partial charge in [0.2, 0.25) is 11.9 Å². The molecule has 0 aliphatic carbocycles. The third-order valence-corrected chi connectivity index (χ3v) is 9.57. The molecular formula is C33H43ClN8O3. The number of carbonyl (C=O) groups is 1. The Morgan fingerprint density at radius 3 is 2.40 bits per heavy atom. The average Bonchev–Trinajstić information content (AvgIpc) is 3.59. The number of likely N-dealkylation sites (tertiary alicyclic amines) is 1. The Morgan fingerprint density at radius 1 is 1.00 bits per heavy atom. The van der Waals surface area contributed by atoms with E-state index in [2.05, 4.69) is 61.5 Å². The maximum Gasteiger partial charge on any atom is 0.236 e. The molecule has 0 radical (unpaired) electrons. The fraction of sp³-hybridized carbons (Fsp3) is 0.485. The van der Waals surface area contributed by atoms with E-state index in [1.807, 2.05) is 6.07 Å². The van der Waals surface area contributed by atoms with Crippen molar-refractivity contribution in [2.24, 2.45) is 0 Å². The van der Waals surface area contributed by atoms with Crippen LogP contribution < -0.4 is 25.0 Å². The molecule has 240 valence electrons. The largest absolute Gasteiger partial charge is 0.495 e. The highest BCUT2D eigenvalue weighted by molar-refractivity contribution is 6.33. The summed E-state index contributed by atoms with van der Waals surface area (Å²) in [5.41, 5.74) is 5.14. The highest BCUT2D eigenvalue weighted by atomic mass is 35.5. The zero-order valence-corrected chi connectivity index (χ0v) is 27.5. The zero-order valence-electron chi connectivity index (χ0n) is 26.8. The van der Waals surface area contributed by atoms with Crippen molar-refractivity contribution in [3.05, 3.63) is 52.7 Å². The molecule has 2 saturated heterocycles. The number of amides is 1. The Labute approximate surface area is 270 Å². The number of halogens is 1. The van der Waals surface area contributed by atoms with Crippen LogP contribution in [-0.2, 0) is 17.6 Å². The summed E-state index contributed by atoms with van der Waals surface area (Å²) >= 11 is 6.57. The van der Waals surface area contributed by atoms with Gasteiger partial charge < -0.3 is 29.9 Å². The van der Waals surface area contributed by atoms with Gasteiger partial charge in [0.25, 0.3) is 0 Å². The lowest BCUT2D eigenvalue weighted by molar-refractivity contribution is -0.129. The molecule has 11 nitrogen and oxygen atoms in total. The maximum atomic E-state index is 12.3. The Balaban J connectivity index is 1.17. The van der Waals surface area contributed by atoms with E-state index < -0.39 is 0 Å². The van der Waals surface area contributed by atoms with Gasteiger partial charge in [0.1, 0.15) is 16.5 Å². The van der Waals surface area contributed by atoms with Gasteiger partial charge in [-0.2, -0.15) is 4.98 Å². The van der Waals surface area contributed by atoms with Gasteiger partial charge in [0, 0.05) is 64.1 Å². The van der Waals surface area contributed by atoms with E-state index >= 15 is 0 Å². The molecule has 2 aromatic carbocycles. The number of methoxy groups -OCH3 is 2. The smallest absolute Gasteiger partial charge is 0.236 e. The van der Waals surface area contributed by atoms with Crippen LogP contribution in [-0.4, -0.2) is 110 Å². The number of nitrogens with one attached hydrogen (secondary N) is 2. The molecule has 2 unspecified atom stereocenters. The van der Waals surface area contributed by atoms with E-state index in [1.54, 1.807) is 39.4 Å². The number of fused-ring (bicyclic) bond motifs is 3. The number of likely N-dealkylation sites (N-methyl/N-ethyl adjacent to an activating group) is 2. The first kappa shape index (κ1) is 31.2. The van der Waals surface area contributed by atoms with E-state index in [4.69, 9.17) is 26.1 Å². The quantitative estimate of drug-likeness (QED) is 0.334. The Morgan fingerprint density at radius 2 is 1.73 bits per heavy atom. The number of anilines is 5. The topological polar surface area (TPSA) is 98.3 Å². The Kier molecular flexibility index (Phi) is 9.21. The highest BCUT2D eigenvalue weighted by Gasteiger charge is 2.42. The molecule has 2 atom stereocenters. The third kappa shape index (κ3) is 6.61. The Hall–Kier alpha value is -3.80. The van der Waals surface area contributed by atoms with E-state index in [0.717, 1.165) is 62.7 Å². The predicted octanol–water partition coefficient (Wildman–Crippen LogP) is 4.41. The standard InChI is InChI=1S/C33H43ClN8O3/c1-6-41-18-25-15-24(41)19-42(25)23-7-8-27(30(16-23)45-5)36-32-26(34)17-35-33(38-32)37-28-13-21-9-11-40(20-31(43)39(2)3)12-10-22(21)14-29(28)44-4/h7-8,13-14,16-17,24-25H,6,9-12,15,18-20H2,1-5H3,(H2,35,36,37,38). The molecule has 12 heteroatoms. The molecule has 2 N–H and O–H groups in total. The molecule has 3 aromatic rings. The lowest BCUT2D eigenvalue weighted by atomic mass is 10.0. The first-order valence-corrected chi connectivity index (χ1v) is 16.0. The third-order valence-electron chi connectivity index (χ3n) is 9.29. The van der Waals surface area contributed by atoms with Crippen LogP contribution in [0, 0.1) is 0 Å². The van der Waals surface area contributed by atoms with E-state index in [0.29, 0.717) is 41.2 Å². The summed E-state index contributed by atoms with van der Waals surface area (Å²) in [5.74, 6) is 2.39. The molecule has 1 amide bonds. The second-order valence-corrected chi connectivity index (χ2v) is 12.6. The minimum atomic E-state index is 0.112. The number of rotatable bonds is 10. The summed E-state index contributed by atoms with van der Waals surface area (Å²) in [7, 11) is 6.92. The van der Waals surface area contributed by atoms with Crippen molar-refractivity contribution >= 4 is 46.3 Å². The van der Waals surface area contributed by atoms with Crippen molar-refractivity contribution < 1.29 is 14.3 Å². The van der Waals surface area contributed by atoms with Crippen LogP contribution >= 0.6 is 11.6 Å². The molecule has 4 heterocycles. The molecule has 0 saturated carbocycles. The van der Waals surface area contributed by atoms with Crippen molar-refractivity contribution in [2.45, 2.75) is 38.3 Å². The second-order valence-electron chi connectivity index (χ2n) is 12.2. The van der Waals surface area contributed by atoms with E-state index in [-0.39, 0.29) is 5.91 Å². The van der Waals surface area contributed by atoms with Gasteiger partial charge in [-0.15, -0.1) is 0 Å². The van der Waals surface area contributed by atoms with Gasteiger partial charge in [-0.1, -0.05) is 18.5 Å². The number of ether oxygens (including phenoxy) is 2. The fourth-order valence-corrected chi connectivity index (χ4v) is 6.87. The normalized spacial score (nSPS) is 19.6. The van der Waals surface area contributed by atoms with Crippen LogP contribution in [0.25, 0.3) is 0 Å².